The molecule has 0 aliphatic carbocycles. The largest absolute Gasteiger partial charge is 0.456 e. The highest BCUT2D eigenvalue weighted by Crippen LogP contribution is 2.49. The summed E-state index contributed by atoms with van der Waals surface area (Å²) in [5.41, 5.74) is 32.5. The average molecular weight is 1560 g/mol. The van der Waals surface area contributed by atoms with E-state index in [1.54, 1.807) is 0 Å². The second-order valence-corrected chi connectivity index (χ2v) is 31.8. The number of aromatic nitrogens is 1. The monoisotopic (exact) mass is 1560 g/mol. The molecule has 0 atom stereocenters. The van der Waals surface area contributed by atoms with E-state index in [-0.39, 0.29) is 0 Å². The lowest BCUT2D eigenvalue weighted by atomic mass is 9.96. The summed E-state index contributed by atoms with van der Waals surface area (Å²) < 4.78 is 22.7. The molecular formula is C116H73N3O3. The van der Waals surface area contributed by atoms with Gasteiger partial charge in [-0.3, -0.25) is 0 Å². The first-order valence-corrected chi connectivity index (χ1v) is 41.6. The minimum Gasteiger partial charge on any atom is -0.456 e. The third-order valence-corrected chi connectivity index (χ3v) is 24.8. The molecule has 24 rings (SSSR count). The summed E-state index contributed by atoms with van der Waals surface area (Å²) in [5, 5.41) is 13.8. The summed E-state index contributed by atoms with van der Waals surface area (Å²) >= 11 is 0. The average Bonchev–Trinajstić information content (AvgIpc) is 1.57. The lowest BCUT2D eigenvalue weighted by Gasteiger charge is -2.28. The molecule has 0 unspecified atom stereocenters. The number of rotatable bonds is 15. The van der Waals surface area contributed by atoms with Crippen LogP contribution in [0.25, 0.3) is 204 Å². The Morgan fingerprint density at radius 1 is 0.172 bits per heavy atom. The summed E-state index contributed by atoms with van der Waals surface area (Å²) in [6.45, 7) is 0. The van der Waals surface area contributed by atoms with Crippen LogP contribution in [0.1, 0.15) is 0 Å². The van der Waals surface area contributed by atoms with Crippen molar-refractivity contribution in [2.75, 3.05) is 9.80 Å². The van der Waals surface area contributed by atoms with Crippen LogP contribution in [0.3, 0.4) is 0 Å². The second kappa shape index (κ2) is 28.8. The molecule has 4 heterocycles. The molecule has 570 valence electrons. The molecular weight excluding hydrogens is 1480 g/mol. The van der Waals surface area contributed by atoms with E-state index in [0.29, 0.717) is 0 Å². The summed E-state index contributed by atoms with van der Waals surface area (Å²) in [7, 11) is 0. The summed E-state index contributed by atoms with van der Waals surface area (Å²) in [6.07, 6.45) is 0. The van der Waals surface area contributed by atoms with Gasteiger partial charge in [0.1, 0.15) is 33.5 Å². The van der Waals surface area contributed by atoms with Crippen LogP contribution < -0.4 is 9.80 Å². The number of hydrogen-bond acceptors (Lipinski definition) is 5. The lowest BCUT2D eigenvalue weighted by Crippen LogP contribution is -2.11. The molecule has 24 aromatic rings. The van der Waals surface area contributed by atoms with Crippen molar-refractivity contribution in [3.63, 3.8) is 0 Å². The third-order valence-electron chi connectivity index (χ3n) is 24.8. The quantitative estimate of drug-likeness (QED) is 0.102. The Morgan fingerprint density at radius 3 is 1.15 bits per heavy atom. The van der Waals surface area contributed by atoms with Crippen molar-refractivity contribution in [1.29, 1.82) is 0 Å². The molecule has 0 fully saturated rings. The molecule has 0 N–H and O–H groups in total. The van der Waals surface area contributed by atoms with Crippen molar-refractivity contribution >= 4 is 143 Å². The molecule has 0 radical (unpaired) electrons. The van der Waals surface area contributed by atoms with Crippen molar-refractivity contribution in [2.45, 2.75) is 0 Å². The van der Waals surface area contributed by atoms with Crippen LogP contribution in [-0.4, -0.2) is 4.57 Å². The zero-order chi connectivity index (χ0) is 80.3. The Labute approximate surface area is 703 Å². The fourth-order valence-corrected chi connectivity index (χ4v) is 18.9. The van der Waals surface area contributed by atoms with E-state index in [0.717, 1.165) is 189 Å². The molecule has 0 aliphatic rings. The van der Waals surface area contributed by atoms with E-state index in [1.807, 2.05) is 24.3 Å². The van der Waals surface area contributed by atoms with Crippen LogP contribution in [0.5, 0.6) is 0 Å². The van der Waals surface area contributed by atoms with Gasteiger partial charge in [0.25, 0.3) is 0 Å². The molecule has 0 saturated heterocycles. The maximum atomic E-state index is 7.20. The van der Waals surface area contributed by atoms with Crippen LogP contribution in [0.4, 0.5) is 34.1 Å². The van der Waals surface area contributed by atoms with Crippen LogP contribution in [0.15, 0.2) is 456 Å². The van der Waals surface area contributed by atoms with Gasteiger partial charge in [0.2, 0.25) is 0 Å². The van der Waals surface area contributed by atoms with Gasteiger partial charge in [-0.25, -0.2) is 0 Å². The molecule has 6 nitrogen and oxygen atoms in total. The first-order chi connectivity index (χ1) is 60.4. The first kappa shape index (κ1) is 70.0. The van der Waals surface area contributed by atoms with Crippen molar-refractivity contribution < 1.29 is 13.3 Å². The zero-order valence-corrected chi connectivity index (χ0v) is 66.2. The molecule has 4 aromatic heterocycles. The normalized spacial score (nSPS) is 11.8. The predicted octanol–water partition coefficient (Wildman–Crippen LogP) is 33.1. The van der Waals surface area contributed by atoms with Crippen molar-refractivity contribution in [3.05, 3.63) is 443 Å². The smallest absolute Gasteiger partial charge is 0.143 e. The molecule has 0 saturated carbocycles. The maximum absolute atomic E-state index is 7.20. The van der Waals surface area contributed by atoms with Gasteiger partial charge in [-0.15, -0.1) is 0 Å². The van der Waals surface area contributed by atoms with E-state index in [2.05, 4.69) is 433 Å². The van der Waals surface area contributed by atoms with Gasteiger partial charge in [0.15, 0.2) is 0 Å². The first-order valence-electron chi connectivity index (χ1n) is 41.6. The van der Waals surface area contributed by atoms with Gasteiger partial charge < -0.3 is 27.6 Å². The number of para-hydroxylation sites is 6. The fraction of sp³-hybridized carbons (Fsp3) is 0. The number of fused-ring (bicyclic) bond motifs is 14. The Kier molecular flexibility index (Phi) is 16.5. The van der Waals surface area contributed by atoms with Gasteiger partial charge in [0.05, 0.1) is 22.4 Å². The topological polar surface area (TPSA) is 50.8 Å². The molecule has 0 amide bonds. The number of benzene rings is 20. The third kappa shape index (κ3) is 11.9. The SMILES string of the molecule is c1cc(-c2ccc(-c3cccc4ccccc34)cc2)cc(N(c2ccc(-c3cccc(-n4c5ccccc5c5cc(-c6cccc7c6oc6cc(-c8ccccc8N(c8ccc(-c9ccc(-c%10cccc%11ccccc%10%11)cc9)cc8)c8ccc9c(c8)oc8ccccc89)ccc67)ccc54)c3)cc2)c2ccccc2-c2ccc3c(c2)oc2ccccc23)c1. The predicted molar refractivity (Wildman–Crippen MR) is 510 cm³/mol. The van der Waals surface area contributed by atoms with Gasteiger partial charge in [-0.2, -0.15) is 0 Å². The molecule has 20 aromatic carbocycles. The second-order valence-electron chi connectivity index (χ2n) is 31.8. The Bertz CT molecular complexity index is 8260. The number of hydrogen-bond donors (Lipinski definition) is 0. The maximum Gasteiger partial charge on any atom is 0.143 e. The molecule has 0 spiro atoms. The van der Waals surface area contributed by atoms with Crippen molar-refractivity contribution in [1.82, 2.24) is 4.57 Å². The van der Waals surface area contributed by atoms with Crippen molar-refractivity contribution in [3.8, 4) is 94.7 Å². The summed E-state index contributed by atoms with van der Waals surface area (Å²) in [5.74, 6) is 0. The number of furan rings is 3. The minimum atomic E-state index is 0.815. The molecule has 6 heteroatoms. The van der Waals surface area contributed by atoms with Crippen molar-refractivity contribution in [2.24, 2.45) is 0 Å². The molecule has 122 heavy (non-hydrogen) atoms. The van der Waals surface area contributed by atoms with Gasteiger partial charge in [-0.1, -0.05) is 309 Å². The highest BCUT2D eigenvalue weighted by Gasteiger charge is 2.25. The summed E-state index contributed by atoms with van der Waals surface area (Å²) in [6, 6.07) is 160. The van der Waals surface area contributed by atoms with Gasteiger partial charge in [0, 0.05) is 94.3 Å². The van der Waals surface area contributed by atoms with E-state index < -0.39 is 0 Å². The lowest BCUT2D eigenvalue weighted by molar-refractivity contribution is 0.668. The van der Waals surface area contributed by atoms with Crippen LogP contribution in [0.2, 0.25) is 0 Å². The Morgan fingerprint density at radius 2 is 0.541 bits per heavy atom. The highest BCUT2D eigenvalue weighted by atomic mass is 16.3. The fourth-order valence-electron chi connectivity index (χ4n) is 18.9. The Balaban J connectivity index is 0.556. The van der Waals surface area contributed by atoms with Gasteiger partial charge in [-0.05, 0) is 221 Å². The van der Waals surface area contributed by atoms with Crippen LogP contribution in [-0.2, 0) is 0 Å². The van der Waals surface area contributed by atoms with Crippen LogP contribution >= 0.6 is 0 Å². The Hall–Kier alpha value is -16.3. The molecule has 0 bridgehead atoms. The minimum absolute atomic E-state index is 0.815. The van der Waals surface area contributed by atoms with Gasteiger partial charge >= 0.3 is 0 Å². The van der Waals surface area contributed by atoms with E-state index in [9.17, 15) is 0 Å². The highest BCUT2D eigenvalue weighted by molar-refractivity contribution is 6.15. The number of anilines is 6. The van der Waals surface area contributed by atoms with E-state index in [4.69, 9.17) is 13.3 Å². The standard InChI is InChI=1S/C116H73N3O3/c1-3-28-92-78(20-1)22-17-35-94(92)80-48-44-74(45-49-80)75-52-59-88(60-53-75)118(91-63-66-103-101-34-9-14-43-112(101)121-115(103)73-91)108-40-11-6-31-97(108)86-57-65-104-105-38-19-37-98(116(105)122-114(104)72-86)84-58-67-110-106(70-84)99-32-7-12-41-109(99)119(110)90-27-16-25-83(69-90)77-54-61-87(62-55-77)117(107-39-10-5-30-96(107)85-56-64-102-100-33-8-13-42-111(100)120-113(102)71-85)89-26-15-24-82(68-89)76-46-50-81(51-47-76)95-36-18-23-79-21-2-4-29-93(79)95/h1-73H. The van der Waals surface area contributed by atoms with E-state index >= 15 is 0 Å². The summed E-state index contributed by atoms with van der Waals surface area (Å²) in [4.78, 5) is 4.76. The zero-order valence-electron chi connectivity index (χ0n) is 66.2. The molecule has 0 aliphatic heterocycles. The van der Waals surface area contributed by atoms with E-state index in [1.165, 1.54) is 49.2 Å². The number of nitrogens with zero attached hydrogens (tertiary/aromatic N) is 3. The van der Waals surface area contributed by atoms with Crippen LogP contribution in [0, 0.1) is 0 Å².